The largest absolute Gasteiger partial charge is 0.481 e. The third-order valence-corrected chi connectivity index (χ3v) is 13.8. The van der Waals surface area contributed by atoms with Gasteiger partial charge in [0.1, 0.15) is 54.4 Å². The second-order valence-electron chi connectivity index (χ2n) is 21.3. The molecule has 0 radical (unpaired) electrons. The van der Waals surface area contributed by atoms with E-state index in [1.807, 2.05) is 10.6 Å². The van der Waals surface area contributed by atoms with Gasteiger partial charge in [0.25, 0.3) is 0 Å². The number of aliphatic imine (C=N–C) groups is 1. The summed E-state index contributed by atoms with van der Waals surface area (Å²) in [6, 6.07) is -15.5. The van der Waals surface area contributed by atoms with Crippen molar-refractivity contribution < 1.29 is 107 Å². The number of aromatic amines is 1. The standard InChI is InChI=1S/C52H81N19O22S/c1-23(2)41(51(92)93)70-48(89)28(12-25-15-56-22-62-25)67-50(91)33-7-5-11-71(33)37(76)19-58-34(73)16-60-45(86)31(20-72)68-47(88)30(14-40(81)82)65-36(75)18-61-44(85)27(8-9-38(77)78)66-49(90)32(21-94)69-42(83)24(3)63-46(87)29(13-39(79)80)64-35(74)17-59-43(84)26(53)6-4-10-57-52(54)55/h15,22-24,26-33,41,72,94H,4-14,16-21,53H2,1-3H3,(H,56,62)(H,58,73)(H,59,84)(H,60,86)(H,61,85)(H,63,87)(H,64,74)(H,65,75)(H,66,90)(H,67,91)(H,68,88)(H,69,83)(H,70,89)(H,77,78)(H,79,80)(H,81,82)(H,92,93)(H4,54,55,57)/t24-,26-,27-,28-,29-,30-,31-,32-,33-,41-/m0/s1. The summed E-state index contributed by atoms with van der Waals surface area (Å²) in [7, 11) is 0. The molecular formula is C52H81N19O22S. The third kappa shape index (κ3) is 29.4. The van der Waals surface area contributed by atoms with Crippen LogP contribution in [0.1, 0.15) is 77.8 Å². The van der Waals surface area contributed by atoms with Crippen molar-refractivity contribution in [1.29, 1.82) is 0 Å². The average molecular weight is 1360 g/mol. The Morgan fingerprint density at radius 2 is 1.15 bits per heavy atom. The first-order chi connectivity index (χ1) is 44.2. The number of imidazole rings is 1. The van der Waals surface area contributed by atoms with E-state index in [1.165, 1.54) is 12.5 Å². The van der Waals surface area contributed by atoms with Crippen molar-refractivity contribution in [2.24, 2.45) is 28.1 Å². The van der Waals surface area contributed by atoms with Crippen LogP contribution in [0.25, 0.3) is 0 Å². The maximum Gasteiger partial charge on any atom is 0.326 e. The first kappa shape index (κ1) is 79.8. The van der Waals surface area contributed by atoms with Crippen LogP contribution in [0.5, 0.6) is 0 Å². The van der Waals surface area contributed by atoms with Gasteiger partial charge < -0.3 is 116 Å². The summed E-state index contributed by atoms with van der Waals surface area (Å²) in [5, 5.41) is 74.1. The van der Waals surface area contributed by atoms with Gasteiger partial charge in [0.2, 0.25) is 76.8 Å². The number of aliphatic carboxylic acids is 4. The van der Waals surface area contributed by atoms with Crippen LogP contribution in [0, 0.1) is 5.92 Å². The maximum absolute atomic E-state index is 13.6. The topological polar surface area (TPSA) is 658 Å². The Balaban J connectivity index is 2.01. The number of H-pyrrole nitrogens is 1. The molecule has 522 valence electrons. The normalized spacial score (nSPS) is 15.3. The molecule has 2 heterocycles. The fourth-order valence-electron chi connectivity index (χ4n) is 8.47. The second-order valence-corrected chi connectivity index (χ2v) is 21.7. The van der Waals surface area contributed by atoms with E-state index in [2.05, 4.69) is 80.8 Å². The SMILES string of the molecule is CC(C)[C@H](NC(=O)[C@H](Cc1cnc[nH]1)NC(=O)[C@@H]1CCCN1C(=O)CNC(=O)CNC(=O)[C@H](CO)NC(=O)[C@H](CC(=O)O)NC(=O)CNC(=O)[C@H](CCC(=O)O)NC(=O)[C@H](CS)NC(=O)[C@H](C)NC(=O)[C@H](CC(=O)O)NC(=O)CNC(=O)[C@@H](N)CCCN=C(N)N)C(=O)O. The Labute approximate surface area is 540 Å². The molecule has 1 fully saturated rings. The maximum atomic E-state index is 13.6. The number of carboxylic acids is 4. The number of rotatable bonds is 42. The molecule has 94 heavy (non-hydrogen) atoms. The molecule has 13 amide bonds. The minimum Gasteiger partial charge on any atom is -0.481 e. The van der Waals surface area contributed by atoms with Gasteiger partial charge in [-0.1, -0.05) is 13.8 Å². The Morgan fingerprint density at radius 1 is 0.617 bits per heavy atom. The molecule has 0 bridgehead atoms. The summed E-state index contributed by atoms with van der Waals surface area (Å²) in [4.78, 5) is 228. The van der Waals surface area contributed by atoms with Gasteiger partial charge in [-0.2, -0.15) is 12.6 Å². The van der Waals surface area contributed by atoms with Gasteiger partial charge >= 0.3 is 23.9 Å². The fraction of sp³-hybridized carbons (Fsp3) is 0.596. The monoisotopic (exact) mass is 1360 g/mol. The number of carbonyl (C=O) groups is 17. The number of hydrogen-bond donors (Lipinski definition) is 22. The molecule has 1 aromatic rings. The first-order valence-corrected chi connectivity index (χ1v) is 29.5. The van der Waals surface area contributed by atoms with Gasteiger partial charge in [0.05, 0.1) is 58.0 Å². The van der Waals surface area contributed by atoms with Crippen LogP contribution < -0.4 is 81.0 Å². The zero-order valence-corrected chi connectivity index (χ0v) is 52.1. The van der Waals surface area contributed by atoms with Crippen LogP contribution >= 0.6 is 12.6 Å². The number of aliphatic hydroxyl groups is 1. The van der Waals surface area contributed by atoms with Gasteiger partial charge in [0.15, 0.2) is 5.96 Å². The number of likely N-dealkylation sites (tertiary alicyclic amines) is 1. The number of nitrogens with one attached hydrogen (secondary N) is 13. The number of hydrogen-bond acceptors (Lipinski definition) is 22. The lowest BCUT2D eigenvalue weighted by Gasteiger charge is -2.27. The van der Waals surface area contributed by atoms with E-state index in [0.29, 0.717) is 18.5 Å². The molecule has 1 aliphatic rings. The van der Waals surface area contributed by atoms with Crippen molar-refractivity contribution in [2.75, 3.05) is 51.6 Å². The fourth-order valence-corrected chi connectivity index (χ4v) is 8.73. The van der Waals surface area contributed by atoms with Crippen LogP contribution in [0.3, 0.4) is 0 Å². The zero-order chi connectivity index (χ0) is 70.9. The first-order valence-electron chi connectivity index (χ1n) is 28.9. The van der Waals surface area contributed by atoms with E-state index in [1.54, 1.807) is 13.8 Å². The van der Waals surface area contributed by atoms with Gasteiger partial charge in [-0.3, -0.25) is 81.7 Å². The molecule has 41 nitrogen and oxygen atoms in total. The highest BCUT2D eigenvalue weighted by Gasteiger charge is 2.38. The summed E-state index contributed by atoms with van der Waals surface area (Å²) < 4.78 is 0. The molecular weight excluding hydrogens is 1270 g/mol. The molecule has 0 spiro atoms. The number of nitrogens with zero attached hydrogens (tertiary/aromatic N) is 3. The van der Waals surface area contributed by atoms with Crippen LogP contribution in [-0.4, -0.2) is 259 Å². The van der Waals surface area contributed by atoms with E-state index in [0.717, 1.165) is 11.8 Å². The Bertz CT molecular complexity index is 2930. The Morgan fingerprint density at radius 3 is 1.67 bits per heavy atom. The Kier molecular flexibility index (Phi) is 34.5. The van der Waals surface area contributed by atoms with E-state index >= 15 is 0 Å². The van der Waals surface area contributed by atoms with Gasteiger partial charge in [0, 0.05) is 43.6 Å². The number of aromatic nitrogens is 2. The number of guanidine groups is 1. The van der Waals surface area contributed by atoms with Gasteiger partial charge in [-0.05, 0) is 44.9 Å². The van der Waals surface area contributed by atoms with Crippen LogP contribution in [0.2, 0.25) is 0 Å². The number of amides is 13. The summed E-state index contributed by atoms with van der Waals surface area (Å²) in [5.41, 5.74) is 16.7. The molecule has 42 heteroatoms. The lowest BCUT2D eigenvalue weighted by molar-refractivity contribution is -0.144. The van der Waals surface area contributed by atoms with E-state index in [4.69, 9.17) is 17.2 Å². The summed E-state index contributed by atoms with van der Waals surface area (Å²) in [5.74, 6) is -20.9. The van der Waals surface area contributed by atoms with Crippen molar-refractivity contribution in [3.8, 4) is 0 Å². The second kappa shape index (κ2) is 40.6. The highest BCUT2D eigenvalue weighted by Crippen LogP contribution is 2.18. The van der Waals surface area contributed by atoms with Gasteiger partial charge in [-0.25, -0.2) is 9.78 Å². The summed E-state index contributed by atoms with van der Waals surface area (Å²) in [6.45, 7) is -0.0976. The van der Waals surface area contributed by atoms with Crippen molar-refractivity contribution >= 4 is 119 Å². The third-order valence-electron chi connectivity index (χ3n) is 13.5. The number of thiol groups is 1. The van der Waals surface area contributed by atoms with Crippen molar-refractivity contribution in [3.63, 3.8) is 0 Å². The molecule has 1 aliphatic heterocycles. The highest BCUT2D eigenvalue weighted by molar-refractivity contribution is 7.80. The van der Waals surface area contributed by atoms with Crippen LogP contribution in [0.15, 0.2) is 17.5 Å². The van der Waals surface area contributed by atoms with E-state index in [-0.39, 0.29) is 38.3 Å². The highest BCUT2D eigenvalue weighted by atomic mass is 32.1. The zero-order valence-electron chi connectivity index (χ0n) is 51.2. The molecule has 0 aliphatic carbocycles. The summed E-state index contributed by atoms with van der Waals surface area (Å²) in [6.07, 6.45) is -0.0763. The smallest absolute Gasteiger partial charge is 0.326 e. The van der Waals surface area contributed by atoms with Gasteiger partial charge in [-0.15, -0.1) is 0 Å². The minimum atomic E-state index is -2.02. The number of aliphatic hydroxyl groups excluding tert-OH is 1. The lowest BCUT2D eigenvalue weighted by atomic mass is 10.0. The number of nitrogens with two attached hydrogens (primary N) is 3. The van der Waals surface area contributed by atoms with Crippen molar-refractivity contribution in [2.45, 2.75) is 139 Å². The lowest BCUT2D eigenvalue weighted by Crippen LogP contribution is -2.59. The molecule has 10 atom stereocenters. The molecule has 24 N–H and O–H groups in total. The van der Waals surface area contributed by atoms with E-state index < -0.39 is 231 Å². The van der Waals surface area contributed by atoms with Crippen molar-refractivity contribution in [3.05, 3.63) is 18.2 Å². The minimum absolute atomic E-state index is 0.0587. The molecule has 1 aromatic heterocycles. The number of carbonyl (C=O) groups excluding carboxylic acids is 13. The predicted octanol–water partition coefficient (Wildman–Crippen LogP) is -10.8. The average Bonchev–Trinajstić information content (AvgIpc) is 1.66. The molecule has 0 saturated carbocycles. The van der Waals surface area contributed by atoms with Crippen molar-refractivity contribution in [1.82, 2.24) is 78.7 Å². The predicted molar refractivity (Wildman–Crippen MR) is 323 cm³/mol. The molecule has 2 rings (SSSR count). The van der Waals surface area contributed by atoms with Crippen LogP contribution in [-0.2, 0) is 87.9 Å². The summed E-state index contributed by atoms with van der Waals surface area (Å²) >= 11 is 4.03. The molecule has 0 unspecified atom stereocenters. The van der Waals surface area contributed by atoms with Crippen LogP contribution in [0.4, 0.5) is 0 Å². The molecule has 1 saturated heterocycles. The molecule has 0 aromatic carbocycles. The van der Waals surface area contributed by atoms with E-state index in [9.17, 15) is 107 Å². The number of carboxylic acid groups (broad SMARTS) is 4. The Hall–Kier alpha value is -10.3. The quantitative estimate of drug-likeness (QED) is 0.0125.